The highest BCUT2D eigenvalue weighted by molar-refractivity contribution is 6.74. The normalized spacial score (nSPS) is 17.1. The first-order valence-corrected chi connectivity index (χ1v) is 9.43. The first-order valence-electron chi connectivity index (χ1n) is 6.52. The van der Waals surface area contributed by atoms with E-state index in [2.05, 4.69) is 6.58 Å². The minimum atomic E-state index is -2.36. The van der Waals surface area contributed by atoms with Crippen molar-refractivity contribution in [2.75, 3.05) is 0 Å². The Morgan fingerprint density at radius 2 is 1.55 bits per heavy atom. The van der Waals surface area contributed by atoms with Crippen LogP contribution in [0.3, 0.4) is 0 Å². The Bertz CT molecular complexity index is 422. The van der Waals surface area contributed by atoms with Crippen molar-refractivity contribution in [1.29, 1.82) is 0 Å². The molecule has 0 bridgehead atoms. The molecule has 0 radical (unpaired) electrons. The number of carboxylic acid groups (broad SMARTS) is 2. The van der Waals surface area contributed by atoms with Crippen LogP contribution in [0.25, 0.3) is 0 Å². The van der Waals surface area contributed by atoms with Crippen molar-refractivity contribution >= 4 is 20.3 Å². The van der Waals surface area contributed by atoms with E-state index in [1.807, 2.05) is 33.9 Å². The molecule has 0 aliphatic carbocycles. The molecule has 0 aromatic rings. The van der Waals surface area contributed by atoms with E-state index >= 15 is 0 Å². The lowest BCUT2D eigenvalue weighted by Gasteiger charge is -2.44. The summed E-state index contributed by atoms with van der Waals surface area (Å²) in [4.78, 5) is 22.7. The number of hydrogen-bond acceptors (Lipinski definition) is 3. The van der Waals surface area contributed by atoms with Crippen molar-refractivity contribution in [2.24, 2.45) is 5.92 Å². The lowest BCUT2D eigenvalue weighted by Crippen LogP contribution is -2.55. The molecular formula is C14H26O5Si. The van der Waals surface area contributed by atoms with Crippen LogP contribution >= 0.6 is 0 Å². The van der Waals surface area contributed by atoms with Gasteiger partial charge in [-0.2, -0.15) is 0 Å². The van der Waals surface area contributed by atoms with Crippen molar-refractivity contribution in [3.05, 3.63) is 12.2 Å². The average molecular weight is 302 g/mol. The Morgan fingerprint density at radius 1 is 1.15 bits per heavy atom. The zero-order chi connectivity index (χ0) is 16.5. The highest BCUT2D eigenvalue weighted by Gasteiger charge is 2.50. The number of carbonyl (C=O) groups is 2. The van der Waals surface area contributed by atoms with Gasteiger partial charge in [0.15, 0.2) is 13.9 Å². The second-order valence-corrected chi connectivity index (χ2v) is 11.6. The van der Waals surface area contributed by atoms with Gasteiger partial charge in [0.25, 0.3) is 0 Å². The van der Waals surface area contributed by atoms with E-state index in [4.69, 9.17) is 9.53 Å². The fourth-order valence-corrected chi connectivity index (χ4v) is 3.15. The number of hydrogen-bond donors (Lipinski definition) is 2. The number of rotatable bonds is 6. The van der Waals surface area contributed by atoms with E-state index in [0.29, 0.717) is 0 Å². The summed E-state index contributed by atoms with van der Waals surface area (Å²) in [5, 5.41) is 18.4. The third-order valence-electron chi connectivity index (χ3n) is 4.32. The summed E-state index contributed by atoms with van der Waals surface area (Å²) in [6.07, 6.45) is 0. The van der Waals surface area contributed by atoms with Crippen LogP contribution in [-0.4, -0.2) is 36.1 Å². The van der Waals surface area contributed by atoms with Crippen molar-refractivity contribution in [1.82, 2.24) is 0 Å². The summed E-state index contributed by atoms with van der Waals surface area (Å²) >= 11 is 0. The minimum absolute atomic E-state index is 0.159. The fraction of sp³-hybridized carbons (Fsp3) is 0.714. The van der Waals surface area contributed by atoms with Crippen LogP contribution < -0.4 is 0 Å². The Kier molecular flexibility index (Phi) is 5.37. The fourth-order valence-electron chi connectivity index (χ4n) is 1.52. The monoisotopic (exact) mass is 302 g/mol. The largest absolute Gasteiger partial charge is 0.479 e. The molecule has 0 aromatic heterocycles. The van der Waals surface area contributed by atoms with Crippen molar-refractivity contribution in [3.63, 3.8) is 0 Å². The molecular weight excluding hydrogens is 276 g/mol. The van der Waals surface area contributed by atoms with Crippen LogP contribution in [0, 0.1) is 5.92 Å². The van der Waals surface area contributed by atoms with Crippen LogP contribution in [0.15, 0.2) is 12.2 Å². The third-order valence-corrected chi connectivity index (χ3v) is 8.87. The highest BCUT2D eigenvalue weighted by Crippen LogP contribution is 2.41. The maximum absolute atomic E-state index is 11.7. The van der Waals surface area contributed by atoms with Gasteiger partial charge in [-0.05, 0) is 25.1 Å². The second-order valence-electron chi connectivity index (χ2n) is 6.83. The SMILES string of the molecule is C=C(C(=O)O)C(C)[C@@](C)(O[Si](C)(C)C(C)(C)C)C(=O)O. The van der Waals surface area contributed by atoms with E-state index in [1.54, 1.807) is 0 Å². The summed E-state index contributed by atoms with van der Waals surface area (Å²) in [5.41, 5.74) is -1.76. The molecule has 2 atom stereocenters. The Balaban J connectivity index is 5.61. The first kappa shape index (κ1) is 18.9. The minimum Gasteiger partial charge on any atom is -0.479 e. The van der Waals surface area contributed by atoms with Crippen molar-refractivity contribution in [3.8, 4) is 0 Å². The van der Waals surface area contributed by atoms with Crippen molar-refractivity contribution < 1.29 is 24.2 Å². The van der Waals surface area contributed by atoms with E-state index in [9.17, 15) is 14.7 Å². The van der Waals surface area contributed by atoms with Gasteiger partial charge in [0.05, 0.1) is 0 Å². The molecule has 0 rings (SSSR count). The molecule has 0 aliphatic heterocycles. The Labute approximate surface area is 121 Å². The topological polar surface area (TPSA) is 83.8 Å². The van der Waals surface area contributed by atoms with E-state index in [-0.39, 0.29) is 10.6 Å². The summed E-state index contributed by atoms with van der Waals surface area (Å²) in [7, 11) is -2.36. The van der Waals surface area contributed by atoms with Gasteiger partial charge in [-0.3, -0.25) is 0 Å². The van der Waals surface area contributed by atoms with E-state index in [0.717, 1.165) is 0 Å². The second kappa shape index (κ2) is 5.69. The number of aliphatic carboxylic acids is 2. The van der Waals surface area contributed by atoms with Crippen LogP contribution in [-0.2, 0) is 14.0 Å². The van der Waals surface area contributed by atoms with Gasteiger partial charge in [0.1, 0.15) is 0 Å². The van der Waals surface area contributed by atoms with Crippen molar-refractivity contribution in [2.45, 2.75) is 58.4 Å². The van der Waals surface area contributed by atoms with Crippen LogP contribution in [0.5, 0.6) is 0 Å². The Hall–Kier alpha value is -1.14. The van der Waals surface area contributed by atoms with Gasteiger partial charge in [-0.15, -0.1) is 0 Å². The molecule has 0 spiro atoms. The summed E-state index contributed by atoms with van der Waals surface area (Å²) < 4.78 is 6.00. The molecule has 20 heavy (non-hydrogen) atoms. The molecule has 116 valence electrons. The maximum Gasteiger partial charge on any atom is 0.335 e. The van der Waals surface area contributed by atoms with Gasteiger partial charge in [-0.1, -0.05) is 34.3 Å². The average Bonchev–Trinajstić information content (AvgIpc) is 2.24. The quantitative estimate of drug-likeness (QED) is 0.581. The predicted molar refractivity (Wildman–Crippen MR) is 80.3 cm³/mol. The van der Waals surface area contributed by atoms with E-state index in [1.165, 1.54) is 13.8 Å². The van der Waals surface area contributed by atoms with Gasteiger partial charge in [-0.25, -0.2) is 9.59 Å². The summed E-state index contributed by atoms with van der Waals surface area (Å²) in [6, 6.07) is 0. The lowest BCUT2D eigenvalue weighted by atomic mass is 9.85. The van der Waals surface area contributed by atoms with Gasteiger partial charge in [0.2, 0.25) is 0 Å². The smallest absolute Gasteiger partial charge is 0.335 e. The Morgan fingerprint density at radius 3 is 1.80 bits per heavy atom. The van der Waals surface area contributed by atoms with Gasteiger partial charge < -0.3 is 14.6 Å². The van der Waals surface area contributed by atoms with Crippen LogP contribution in [0.1, 0.15) is 34.6 Å². The molecule has 0 heterocycles. The van der Waals surface area contributed by atoms with Gasteiger partial charge >= 0.3 is 11.9 Å². The van der Waals surface area contributed by atoms with Crippen LogP contribution in [0.2, 0.25) is 18.1 Å². The molecule has 6 heteroatoms. The molecule has 0 aromatic carbocycles. The van der Waals surface area contributed by atoms with Gasteiger partial charge in [0, 0.05) is 11.5 Å². The molecule has 1 unspecified atom stereocenters. The molecule has 0 aliphatic rings. The molecule has 0 saturated heterocycles. The zero-order valence-corrected chi connectivity index (χ0v) is 14.4. The summed E-state index contributed by atoms with van der Waals surface area (Å²) in [5.74, 6) is -3.20. The summed E-state index contributed by atoms with van der Waals surface area (Å²) in [6.45, 7) is 16.3. The van der Waals surface area contributed by atoms with E-state index < -0.39 is 31.8 Å². The zero-order valence-electron chi connectivity index (χ0n) is 13.4. The lowest BCUT2D eigenvalue weighted by molar-refractivity contribution is -0.158. The molecule has 5 nitrogen and oxygen atoms in total. The predicted octanol–water partition coefficient (Wildman–Crippen LogP) is 3.13. The first-order chi connectivity index (χ1) is 8.67. The maximum atomic E-state index is 11.7. The molecule has 2 N–H and O–H groups in total. The molecule has 0 amide bonds. The number of carboxylic acids is 2. The highest BCUT2D eigenvalue weighted by atomic mass is 28.4. The third kappa shape index (κ3) is 3.70. The van der Waals surface area contributed by atoms with Crippen LogP contribution in [0.4, 0.5) is 0 Å². The molecule has 0 fully saturated rings. The standard InChI is InChI=1S/C14H26O5Si/c1-9(11(15)16)10(2)14(6,12(17)18)19-20(7,8)13(3,4)5/h10H,1H2,2-8H3,(H,15,16)(H,17,18)/t10?,14-/m1/s1. The molecule has 0 saturated carbocycles.